The molecule has 0 aliphatic carbocycles. The Hall–Kier alpha value is -0.830. The van der Waals surface area contributed by atoms with Gasteiger partial charge in [0, 0.05) is 23.4 Å². The number of nitrogens with one attached hydrogen (secondary N) is 1. The molecule has 0 spiro atoms. The van der Waals surface area contributed by atoms with Crippen molar-refractivity contribution >= 4 is 21.8 Å². The van der Waals surface area contributed by atoms with Crippen molar-refractivity contribution in [1.82, 2.24) is 5.32 Å². The molecular formula is C12H14BrNO. The van der Waals surface area contributed by atoms with Crippen LogP contribution in [0.5, 0.6) is 0 Å². The first-order valence-electron chi connectivity index (χ1n) is 5.28. The van der Waals surface area contributed by atoms with Crippen LogP contribution in [-0.4, -0.2) is 12.5 Å². The zero-order chi connectivity index (χ0) is 10.7. The maximum absolute atomic E-state index is 11.2. The smallest absolute Gasteiger partial charge is 0.220 e. The third-order valence-electron chi connectivity index (χ3n) is 2.84. The van der Waals surface area contributed by atoms with Gasteiger partial charge in [-0.15, -0.1) is 0 Å². The SMILES string of the molecule is O=C1CCCC(c2ccc(Br)cc2)CN1. The molecule has 80 valence electrons. The molecule has 1 aromatic carbocycles. The van der Waals surface area contributed by atoms with E-state index in [1.807, 2.05) is 0 Å². The molecular weight excluding hydrogens is 254 g/mol. The third-order valence-corrected chi connectivity index (χ3v) is 3.37. The van der Waals surface area contributed by atoms with E-state index in [-0.39, 0.29) is 5.91 Å². The molecule has 1 aliphatic heterocycles. The fourth-order valence-electron chi connectivity index (χ4n) is 1.96. The summed E-state index contributed by atoms with van der Waals surface area (Å²) >= 11 is 3.42. The van der Waals surface area contributed by atoms with Crippen molar-refractivity contribution in [3.05, 3.63) is 34.3 Å². The van der Waals surface area contributed by atoms with Crippen LogP contribution in [0.25, 0.3) is 0 Å². The fourth-order valence-corrected chi connectivity index (χ4v) is 2.22. The van der Waals surface area contributed by atoms with Crippen LogP contribution in [0, 0.1) is 0 Å². The van der Waals surface area contributed by atoms with Crippen LogP contribution in [0.15, 0.2) is 28.7 Å². The summed E-state index contributed by atoms with van der Waals surface area (Å²) in [5.74, 6) is 0.666. The van der Waals surface area contributed by atoms with E-state index < -0.39 is 0 Å². The molecule has 0 aromatic heterocycles. The van der Waals surface area contributed by atoms with Gasteiger partial charge in [-0.25, -0.2) is 0 Å². The first kappa shape index (κ1) is 10.7. The van der Waals surface area contributed by atoms with Gasteiger partial charge in [-0.3, -0.25) is 4.79 Å². The Labute approximate surface area is 98.2 Å². The number of rotatable bonds is 1. The molecule has 1 aliphatic rings. The minimum atomic E-state index is 0.189. The lowest BCUT2D eigenvalue weighted by atomic mass is 9.95. The molecule has 0 saturated carbocycles. The zero-order valence-electron chi connectivity index (χ0n) is 8.50. The minimum Gasteiger partial charge on any atom is -0.355 e. The summed E-state index contributed by atoms with van der Waals surface area (Å²) in [6, 6.07) is 8.38. The van der Waals surface area contributed by atoms with E-state index in [0.717, 1.165) is 23.9 Å². The Bertz CT molecular complexity index is 347. The monoisotopic (exact) mass is 267 g/mol. The summed E-state index contributed by atoms with van der Waals surface area (Å²) in [7, 11) is 0. The van der Waals surface area contributed by atoms with Crippen molar-refractivity contribution in [2.45, 2.75) is 25.2 Å². The summed E-state index contributed by atoms with van der Waals surface area (Å²) in [5, 5.41) is 2.96. The standard InChI is InChI=1S/C12H14BrNO/c13-11-6-4-9(5-7-11)10-2-1-3-12(15)14-8-10/h4-7,10H,1-3,8H2,(H,14,15). The van der Waals surface area contributed by atoms with Gasteiger partial charge in [-0.05, 0) is 30.5 Å². The van der Waals surface area contributed by atoms with Gasteiger partial charge in [0.2, 0.25) is 5.91 Å². The summed E-state index contributed by atoms with van der Waals surface area (Å²) in [5.41, 5.74) is 1.32. The summed E-state index contributed by atoms with van der Waals surface area (Å²) in [4.78, 5) is 11.2. The summed E-state index contributed by atoms with van der Waals surface area (Å²) in [6.45, 7) is 0.778. The predicted octanol–water partition coefficient (Wildman–Crippen LogP) is 2.83. The van der Waals surface area contributed by atoms with Gasteiger partial charge in [-0.2, -0.15) is 0 Å². The van der Waals surface area contributed by atoms with Gasteiger partial charge in [0.1, 0.15) is 0 Å². The van der Waals surface area contributed by atoms with Crippen LogP contribution in [0.2, 0.25) is 0 Å². The average Bonchev–Trinajstić information content (AvgIpc) is 2.44. The summed E-state index contributed by atoms with van der Waals surface area (Å²) in [6.07, 6.45) is 2.76. The van der Waals surface area contributed by atoms with Crippen molar-refractivity contribution in [2.24, 2.45) is 0 Å². The fraction of sp³-hybridized carbons (Fsp3) is 0.417. The number of amides is 1. The lowest BCUT2D eigenvalue weighted by Crippen LogP contribution is -2.24. The number of carbonyl (C=O) groups excluding carboxylic acids is 1. The molecule has 1 heterocycles. The minimum absolute atomic E-state index is 0.189. The Balaban J connectivity index is 2.09. The second-order valence-corrected chi connectivity index (χ2v) is 4.86. The molecule has 1 amide bonds. The Morgan fingerprint density at radius 1 is 1.27 bits per heavy atom. The molecule has 1 N–H and O–H groups in total. The number of hydrogen-bond acceptors (Lipinski definition) is 1. The first-order chi connectivity index (χ1) is 7.25. The van der Waals surface area contributed by atoms with Gasteiger partial charge in [0.15, 0.2) is 0 Å². The maximum atomic E-state index is 11.2. The van der Waals surface area contributed by atoms with E-state index in [9.17, 15) is 4.79 Å². The van der Waals surface area contributed by atoms with Crippen LogP contribution in [0.3, 0.4) is 0 Å². The topological polar surface area (TPSA) is 29.1 Å². The molecule has 1 aromatic rings. The van der Waals surface area contributed by atoms with Crippen molar-refractivity contribution in [1.29, 1.82) is 0 Å². The van der Waals surface area contributed by atoms with E-state index in [2.05, 4.69) is 45.5 Å². The van der Waals surface area contributed by atoms with Gasteiger partial charge >= 0.3 is 0 Å². The molecule has 1 unspecified atom stereocenters. The molecule has 1 fully saturated rings. The second-order valence-electron chi connectivity index (χ2n) is 3.94. The van der Waals surface area contributed by atoms with Crippen LogP contribution >= 0.6 is 15.9 Å². The lowest BCUT2D eigenvalue weighted by Gasteiger charge is -2.14. The largest absolute Gasteiger partial charge is 0.355 e. The predicted molar refractivity (Wildman–Crippen MR) is 63.7 cm³/mol. The van der Waals surface area contributed by atoms with Crippen molar-refractivity contribution in [3.8, 4) is 0 Å². The van der Waals surface area contributed by atoms with Gasteiger partial charge < -0.3 is 5.32 Å². The van der Waals surface area contributed by atoms with Crippen LogP contribution < -0.4 is 5.32 Å². The first-order valence-corrected chi connectivity index (χ1v) is 6.07. The molecule has 1 saturated heterocycles. The van der Waals surface area contributed by atoms with Crippen molar-refractivity contribution in [2.75, 3.05) is 6.54 Å². The second kappa shape index (κ2) is 4.79. The van der Waals surface area contributed by atoms with Crippen molar-refractivity contribution in [3.63, 3.8) is 0 Å². The molecule has 0 bridgehead atoms. The Kier molecular flexibility index (Phi) is 3.41. The third kappa shape index (κ3) is 2.81. The summed E-state index contributed by atoms with van der Waals surface area (Å²) < 4.78 is 1.10. The van der Waals surface area contributed by atoms with E-state index in [1.165, 1.54) is 5.56 Å². The van der Waals surface area contributed by atoms with E-state index in [1.54, 1.807) is 0 Å². The highest BCUT2D eigenvalue weighted by molar-refractivity contribution is 9.10. The Morgan fingerprint density at radius 2 is 2.00 bits per heavy atom. The zero-order valence-corrected chi connectivity index (χ0v) is 10.1. The molecule has 15 heavy (non-hydrogen) atoms. The van der Waals surface area contributed by atoms with Gasteiger partial charge in [0.25, 0.3) is 0 Å². The molecule has 2 nitrogen and oxygen atoms in total. The van der Waals surface area contributed by atoms with E-state index >= 15 is 0 Å². The quantitative estimate of drug-likeness (QED) is 0.833. The number of halogens is 1. The molecule has 3 heteroatoms. The number of hydrogen-bond donors (Lipinski definition) is 1. The Morgan fingerprint density at radius 3 is 2.73 bits per heavy atom. The van der Waals surface area contributed by atoms with Gasteiger partial charge in [-0.1, -0.05) is 28.1 Å². The molecule has 1 atom stereocenters. The number of carbonyl (C=O) groups is 1. The highest BCUT2D eigenvalue weighted by atomic mass is 79.9. The highest BCUT2D eigenvalue weighted by Crippen LogP contribution is 2.24. The van der Waals surface area contributed by atoms with Crippen LogP contribution in [0.1, 0.15) is 30.7 Å². The van der Waals surface area contributed by atoms with Crippen LogP contribution in [-0.2, 0) is 4.79 Å². The van der Waals surface area contributed by atoms with Gasteiger partial charge in [0.05, 0.1) is 0 Å². The van der Waals surface area contributed by atoms with Crippen LogP contribution in [0.4, 0.5) is 0 Å². The molecule has 0 radical (unpaired) electrons. The maximum Gasteiger partial charge on any atom is 0.220 e. The average molecular weight is 268 g/mol. The normalized spacial score (nSPS) is 21.9. The van der Waals surface area contributed by atoms with E-state index in [0.29, 0.717) is 12.3 Å². The lowest BCUT2D eigenvalue weighted by molar-refractivity contribution is -0.120. The highest BCUT2D eigenvalue weighted by Gasteiger charge is 2.16. The van der Waals surface area contributed by atoms with Crippen molar-refractivity contribution < 1.29 is 4.79 Å². The number of benzene rings is 1. The van der Waals surface area contributed by atoms with E-state index in [4.69, 9.17) is 0 Å². The molecule has 2 rings (SSSR count).